The topological polar surface area (TPSA) is 93.1 Å². The third-order valence-corrected chi connectivity index (χ3v) is 5.41. The van der Waals surface area contributed by atoms with Crippen molar-refractivity contribution < 1.29 is 29.3 Å². The Morgan fingerprint density at radius 3 is 1.19 bits per heavy atom. The molecular formula is C30H30CaO6. The standard InChI is InChI=1S/2C15H14O3.Ca.2H/c2*1-11(15(16)17)12-6-5-9-14(10-12)18-13-7-3-2-4-8-13;;;/h2*2-11H,1H3,(H,16,17);;;. The molecule has 0 aliphatic carbocycles. The zero-order valence-electron chi connectivity index (χ0n) is 20.1. The Bertz CT molecular complexity index is 1180. The van der Waals surface area contributed by atoms with Gasteiger partial charge in [-0.1, -0.05) is 60.7 Å². The molecule has 2 N–H and O–H groups in total. The molecule has 0 amide bonds. The summed E-state index contributed by atoms with van der Waals surface area (Å²) in [5.41, 5.74) is 1.46. The number of carboxylic acids is 2. The number of benzene rings is 4. The quantitative estimate of drug-likeness (QED) is 0.258. The average molecular weight is 527 g/mol. The number of hydrogen-bond acceptors (Lipinski definition) is 4. The molecule has 0 radical (unpaired) electrons. The third-order valence-electron chi connectivity index (χ3n) is 5.41. The molecular weight excluding hydrogens is 496 g/mol. The van der Waals surface area contributed by atoms with Crippen LogP contribution < -0.4 is 9.47 Å². The second kappa shape index (κ2) is 15.1. The molecule has 0 spiro atoms. The first kappa shape index (κ1) is 29.9. The number of rotatable bonds is 8. The summed E-state index contributed by atoms with van der Waals surface area (Å²) in [4.78, 5) is 21.9. The monoisotopic (exact) mass is 526 g/mol. The maximum absolute atomic E-state index is 10.9. The van der Waals surface area contributed by atoms with Crippen LogP contribution in [0.3, 0.4) is 0 Å². The summed E-state index contributed by atoms with van der Waals surface area (Å²) in [5.74, 6) is 0.00113. The molecule has 0 bridgehead atoms. The fourth-order valence-corrected chi connectivity index (χ4v) is 3.23. The van der Waals surface area contributed by atoms with E-state index in [1.54, 1.807) is 50.2 Å². The molecule has 0 aliphatic heterocycles. The summed E-state index contributed by atoms with van der Waals surface area (Å²) in [7, 11) is 0. The minimum absolute atomic E-state index is 0. The van der Waals surface area contributed by atoms with Gasteiger partial charge in [-0.05, 0) is 73.5 Å². The average Bonchev–Trinajstić information content (AvgIpc) is 2.89. The third kappa shape index (κ3) is 9.57. The van der Waals surface area contributed by atoms with Gasteiger partial charge in [0, 0.05) is 0 Å². The Labute approximate surface area is 246 Å². The van der Waals surface area contributed by atoms with Gasteiger partial charge in [0.2, 0.25) is 0 Å². The predicted octanol–water partition coefficient (Wildman–Crippen LogP) is 6.42. The number of aliphatic carboxylic acids is 2. The summed E-state index contributed by atoms with van der Waals surface area (Å²) >= 11 is 0. The van der Waals surface area contributed by atoms with Crippen LogP contribution >= 0.6 is 0 Å². The fraction of sp³-hybridized carbons (Fsp3) is 0.133. The molecule has 7 heteroatoms. The Balaban J connectivity index is 0.000000253. The van der Waals surface area contributed by atoms with E-state index in [1.165, 1.54) is 0 Å². The van der Waals surface area contributed by atoms with Gasteiger partial charge in [-0.25, -0.2) is 0 Å². The van der Waals surface area contributed by atoms with Crippen molar-refractivity contribution in [2.75, 3.05) is 0 Å². The van der Waals surface area contributed by atoms with E-state index >= 15 is 0 Å². The van der Waals surface area contributed by atoms with Crippen molar-refractivity contribution in [3.05, 3.63) is 120 Å². The summed E-state index contributed by atoms with van der Waals surface area (Å²) in [6, 6.07) is 33.1. The maximum atomic E-state index is 10.9. The van der Waals surface area contributed by atoms with Gasteiger partial charge in [-0.3, -0.25) is 9.59 Å². The van der Waals surface area contributed by atoms with Crippen molar-refractivity contribution in [2.45, 2.75) is 25.7 Å². The van der Waals surface area contributed by atoms with Crippen LogP contribution in [0.4, 0.5) is 0 Å². The first-order valence-corrected chi connectivity index (χ1v) is 11.4. The zero-order valence-corrected chi connectivity index (χ0v) is 20.1. The normalized spacial score (nSPS) is 11.5. The Morgan fingerprint density at radius 1 is 0.541 bits per heavy atom. The van der Waals surface area contributed by atoms with Gasteiger partial charge in [0.15, 0.2) is 0 Å². The molecule has 0 heterocycles. The second-order valence-electron chi connectivity index (χ2n) is 8.10. The van der Waals surface area contributed by atoms with Crippen LogP contribution in [-0.4, -0.2) is 59.9 Å². The Morgan fingerprint density at radius 2 is 0.865 bits per heavy atom. The van der Waals surface area contributed by atoms with Crippen molar-refractivity contribution >= 4 is 49.7 Å². The summed E-state index contributed by atoms with van der Waals surface area (Å²) < 4.78 is 11.3. The van der Waals surface area contributed by atoms with Gasteiger partial charge in [-0.15, -0.1) is 0 Å². The van der Waals surface area contributed by atoms with E-state index in [9.17, 15) is 9.59 Å². The van der Waals surface area contributed by atoms with Crippen LogP contribution in [0.15, 0.2) is 109 Å². The van der Waals surface area contributed by atoms with Crippen LogP contribution in [0.25, 0.3) is 0 Å². The SMILES string of the molecule is CC(C(=O)O)c1cccc(Oc2ccccc2)c1.CC(C(=O)O)c1cccc(Oc2ccccc2)c1.[CaH2]. The number of para-hydroxylation sites is 2. The van der Waals surface area contributed by atoms with Crippen molar-refractivity contribution in [3.63, 3.8) is 0 Å². The van der Waals surface area contributed by atoms with Crippen LogP contribution in [-0.2, 0) is 9.59 Å². The van der Waals surface area contributed by atoms with Crippen LogP contribution in [0.1, 0.15) is 36.8 Å². The molecule has 0 fully saturated rings. The van der Waals surface area contributed by atoms with Crippen LogP contribution in [0, 0.1) is 0 Å². The van der Waals surface area contributed by atoms with E-state index in [1.807, 2.05) is 72.8 Å². The molecule has 188 valence electrons. The zero-order chi connectivity index (χ0) is 25.9. The molecule has 4 rings (SSSR count). The molecule has 4 aromatic rings. The van der Waals surface area contributed by atoms with Gasteiger partial charge in [0.25, 0.3) is 0 Å². The summed E-state index contributed by atoms with van der Waals surface area (Å²) in [6.45, 7) is 3.31. The summed E-state index contributed by atoms with van der Waals surface area (Å²) in [6.07, 6.45) is 0. The van der Waals surface area contributed by atoms with Crippen molar-refractivity contribution in [3.8, 4) is 23.0 Å². The van der Waals surface area contributed by atoms with E-state index in [-0.39, 0.29) is 37.7 Å². The Kier molecular flexibility index (Phi) is 12.2. The predicted molar refractivity (Wildman–Crippen MR) is 147 cm³/mol. The number of ether oxygens (including phenoxy) is 2. The van der Waals surface area contributed by atoms with Gasteiger partial charge in [0.1, 0.15) is 23.0 Å². The van der Waals surface area contributed by atoms with Crippen LogP contribution in [0.2, 0.25) is 0 Å². The fourth-order valence-electron chi connectivity index (χ4n) is 3.23. The molecule has 0 saturated carbocycles. The van der Waals surface area contributed by atoms with Crippen molar-refractivity contribution in [2.24, 2.45) is 0 Å². The molecule has 4 aromatic carbocycles. The van der Waals surface area contributed by atoms with E-state index in [2.05, 4.69) is 0 Å². The second-order valence-corrected chi connectivity index (χ2v) is 8.10. The first-order chi connectivity index (χ1) is 17.3. The van der Waals surface area contributed by atoms with Crippen molar-refractivity contribution in [1.29, 1.82) is 0 Å². The van der Waals surface area contributed by atoms with Crippen LogP contribution in [0.5, 0.6) is 23.0 Å². The molecule has 0 aliphatic rings. The molecule has 37 heavy (non-hydrogen) atoms. The van der Waals surface area contributed by atoms with E-state index < -0.39 is 23.8 Å². The van der Waals surface area contributed by atoms with Gasteiger partial charge < -0.3 is 19.7 Å². The molecule has 6 nitrogen and oxygen atoms in total. The van der Waals surface area contributed by atoms with Gasteiger partial charge in [-0.2, -0.15) is 0 Å². The van der Waals surface area contributed by atoms with E-state index in [4.69, 9.17) is 19.7 Å². The van der Waals surface area contributed by atoms with Gasteiger partial charge in [0.05, 0.1) is 11.8 Å². The molecule has 0 aromatic heterocycles. The number of carboxylic acid groups (broad SMARTS) is 2. The molecule has 0 saturated heterocycles. The first-order valence-electron chi connectivity index (χ1n) is 11.4. The summed E-state index contributed by atoms with van der Waals surface area (Å²) in [5, 5.41) is 18.0. The van der Waals surface area contributed by atoms with Crippen molar-refractivity contribution in [1.82, 2.24) is 0 Å². The van der Waals surface area contributed by atoms with Gasteiger partial charge >= 0.3 is 49.7 Å². The van der Waals surface area contributed by atoms with E-state index in [0.29, 0.717) is 11.5 Å². The molecule has 2 atom stereocenters. The Hall–Kier alpha value is -3.32. The minimum atomic E-state index is -0.841. The number of hydrogen-bond donors (Lipinski definition) is 2. The number of carbonyl (C=O) groups is 2. The molecule has 2 unspecified atom stereocenters. The van der Waals surface area contributed by atoms with E-state index in [0.717, 1.165) is 22.6 Å².